The van der Waals surface area contributed by atoms with Gasteiger partial charge in [0.25, 0.3) is 0 Å². The van der Waals surface area contributed by atoms with Crippen molar-refractivity contribution in [3.63, 3.8) is 0 Å². The van der Waals surface area contributed by atoms with Crippen LogP contribution in [0.25, 0.3) is 0 Å². The fourth-order valence-corrected chi connectivity index (χ4v) is 4.34. The van der Waals surface area contributed by atoms with Crippen LogP contribution in [0.5, 0.6) is 0 Å². The molecule has 1 aromatic carbocycles. The molecule has 1 atom stereocenters. The molecule has 1 saturated heterocycles. The van der Waals surface area contributed by atoms with E-state index in [9.17, 15) is 4.79 Å². The van der Waals surface area contributed by atoms with Crippen molar-refractivity contribution in [2.24, 2.45) is 16.8 Å². The zero-order valence-corrected chi connectivity index (χ0v) is 17.7. The maximum Gasteiger partial charge on any atom is 0.220 e. The van der Waals surface area contributed by atoms with E-state index in [-0.39, 0.29) is 5.91 Å². The molecule has 1 aliphatic heterocycles. The van der Waals surface area contributed by atoms with Crippen LogP contribution < -0.4 is 10.6 Å². The number of amides is 1. The summed E-state index contributed by atoms with van der Waals surface area (Å²) in [5.74, 6) is 2.23. The van der Waals surface area contributed by atoms with Gasteiger partial charge in [-0.25, -0.2) is 0 Å². The van der Waals surface area contributed by atoms with Crippen molar-refractivity contribution in [2.45, 2.75) is 45.1 Å². The van der Waals surface area contributed by atoms with Crippen molar-refractivity contribution < 1.29 is 9.53 Å². The Kier molecular flexibility index (Phi) is 8.81. The van der Waals surface area contributed by atoms with E-state index in [1.165, 1.54) is 31.2 Å². The van der Waals surface area contributed by atoms with Gasteiger partial charge in [0.2, 0.25) is 5.91 Å². The Labute approximate surface area is 175 Å². The number of carbonyl (C=O) groups excluding carboxylic acids is 1. The second-order valence-electron chi connectivity index (χ2n) is 8.28. The number of guanidine groups is 1. The number of aliphatic imine (C=N–C) groups is 1. The Morgan fingerprint density at radius 3 is 2.62 bits per heavy atom. The molecule has 6 heteroatoms. The van der Waals surface area contributed by atoms with Crippen molar-refractivity contribution in [3.05, 3.63) is 35.9 Å². The minimum absolute atomic E-state index is 0.186. The van der Waals surface area contributed by atoms with E-state index in [2.05, 4.69) is 32.7 Å². The van der Waals surface area contributed by atoms with Gasteiger partial charge < -0.3 is 20.3 Å². The van der Waals surface area contributed by atoms with Gasteiger partial charge in [0, 0.05) is 45.6 Å². The number of benzene rings is 1. The highest BCUT2D eigenvalue weighted by molar-refractivity contribution is 5.80. The third-order valence-corrected chi connectivity index (χ3v) is 5.94. The van der Waals surface area contributed by atoms with Crippen molar-refractivity contribution in [1.29, 1.82) is 0 Å². The molecule has 0 spiro atoms. The van der Waals surface area contributed by atoms with Crippen LogP contribution in [-0.4, -0.2) is 56.6 Å². The molecular weight excluding hydrogens is 364 g/mol. The second-order valence-corrected chi connectivity index (χ2v) is 8.28. The first-order valence-electron chi connectivity index (χ1n) is 11.1. The van der Waals surface area contributed by atoms with Gasteiger partial charge in [-0.05, 0) is 30.7 Å². The molecule has 2 fully saturated rings. The lowest BCUT2D eigenvalue weighted by Gasteiger charge is -2.22. The molecule has 160 valence electrons. The number of ether oxygens (including phenoxy) is 1. The SMILES string of the molecule is CN=C(NCCNC(=O)CC1CCCC1)N1CCC(COCc2ccccc2)C1. The highest BCUT2D eigenvalue weighted by Gasteiger charge is 2.25. The average molecular weight is 401 g/mol. The van der Waals surface area contributed by atoms with E-state index in [4.69, 9.17) is 4.74 Å². The van der Waals surface area contributed by atoms with E-state index in [0.717, 1.165) is 32.1 Å². The first-order chi connectivity index (χ1) is 14.2. The first kappa shape index (κ1) is 21.6. The molecule has 0 bridgehead atoms. The number of hydrogen-bond acceptors (Lipinski definition) is 3. The van der Waals surface area contributed by atoms with Crippen LogP contribution in [0.15, 0.2) is 35.3 Å². The molecule has 1 aliphatic carbocycles. The largest absolute Gasteiger partial charge is 0.376 e. The van der Waals surface area contributed by atoms with Crippen LogP contribution in [-0.2, 0) is 16.1 Å². The molecule has 1 amide bonds. The normalized spacial score (nSPS) is 20.2. The lowest BCUT2D eigenvalue weighted by molar-refractivity contribution is -0.121. The molecule has 0 aromatic heterocycles. The molecule has 2 aliphatic rings. The highest BCUT2D eigenvalue weighted by atomic mass is 16.5. The van der Waals surface area contributed by atoms with Crippen LogP contribution in [0.2, 0.25) is 0 Å². The Balaban J connectivity index is 1.28. The van der Waals surface area contributed by atoms with Crippen molar-refractivity contribution in [3.8, 4) is 0 Å². The summed E-state index contributed by atoms with van der Waals surface area (Å²) < 4.78 is 5.91. The summed E-state index contributed by atoms with van der Waals surface area (Å²) in [5.41, 5.74) is 1.22. The van der Waals surface area contributed by atoms with Crippen LogP contribution in [0.3, 0.4) is 0 Å². The molecule has 2 N–H and O–H groups in total. The fraction of sp³-hybridized carbons (Fsp3) is 0.652. The van der Waals surface area contributed by atoms with Crippen molar-refractivity contribution in [2.75, 3.05) is 39.8 Å². The quantitative estimate of drug-likeness (QED) is 0.380. The minimum atomic E-state index is 0.186. The number of likely N-dealkylation sites (tertiary alicyclic amines) is 1. The lowest BCUT2D eigenvalue weighted by Crippen LogP contribution is -2.43. The molecule has 1 unspecified atom stereocenters. The van der Waals surface area contributed by atoms with Crippen LogP contribution in [0.4, 0.5) is 0 Å². The van der Waals surface area contributed by atoms with Gasteiger partial charge in [-0.2, -0.15) is 0 Å². The molecule has 1 heterocycles. The van der Waals surface area contributed by atoms with Gasteiger partial charge in [0.05, 0.1) is 13.2 Å². The molecule has 29 heavy (non-hydrogen) atoms. The van der Waals surface area contributed by atoms with E-state index in [1.54, 1.807) is 0 Å². The molecule has 1 saturated carbocycles. The Morgan fingerprint density at radius 2 is 1.86 bits per heavy atom. The van der Waals surface area contributed by atoms with Gasteiger partial charge in [-0.1, -0.05) is 43.2 Å². The van der Waals surface area contributed by atoms with Gasteiger partial charge in [0.15, 0.2) is 5.96 Å². The van der Waals surface area contributed by atoms with Crippen LogP contribution in [0.1, 0.15) is 44.1 Å². The summed E-state index contributed by atoms with van der Waals surface area (Å²) >= 11 is 0. The number of carbonyl (C=O) groups is 1. The van der Waals surface area contributed by atoms with E-state index < -0.39 is 0 Å². The summed E-state index contributed by atoms with van der Waals surface area (Å²) in [7, 11) is 1.82. The topological polar surface area (TPSA) is 66.0 Å². The maximum atomic E-state index is 12.0. The number of nitrogens with one attached hydrogen (secondary N) is 2. The van der Waals surface area contributed by atoms with Gasteiger partial charge in [-0.3, -0.25) is 9.79 Å². The first-order valence-corrected chi connectivity index (χ1v) is 11.1. The molecule has 1 aromatic rings. The Morgan fingerprint density at radius 1 is 1.10 bits per heavy atom. The van der Waals surface area contributed by atoms with E-state index in [1.807, 2.05) is 25.2 Å². The van der Waals surface area contributed by atoms with E-state index >= 15 is 0 Å². The molecular formula is C23H36N4O2. The standard InChI is InChI=1S/C23H36N4O2/c1-24-23(26-13-12-25-22(28)15-19-7-5-6-8-19)27-14-11-21(16-27)18-29-17-20-9-3-2-4-10-20/h2-4,9-10,19,21H,5-8,11-18H2,1H3,(H,24,26)(H,25,28). The zero-order valence-electron chi connectivity index (χ0n) is 17.7. The lowest BCUT2D eigenvalue weighted by atomic mass is 10.0. The minimum Gasteiger partial charge on any atom is -0.376 e. The Hall–Kier alpha value is -2.08. The number of nitrogens with zero attached hydrogens (tertiary/aromatic N) is 2. The van der Waals surface area contributed by atoms with Crippen molar-refractivity contribution >= 4 is 11.9 Å². The van der Waals surface area contributed by atoms with E-state index in [0.29, 0.717) is 38.0 Å². The van der Waals surface area contributed by atoms with Crippen LogP contribution in [0, 0.1) is 11.8 Å². The maximum absolute atomic E-state index is 12.0. The summed E-state index contributed by atoms with van der Waals surface area (Å²) in [6.45, 7) is 4.75. The number of hydrogen-bond donors (Lipinski definition) is 2. The monoisotopic (exact) mass is 400 g/mol. The van der Waals surface area contributed by atoms with Gasteiger partial charge >= 0.3 is 0 Å². The predicted molar refractivity (Wildman–Crippen MR) is 117 cm³/mol. The second kappa shape index (κ2) is 11.8. The summed E-state index contributed by atoms with van der Waals surface area (Å²) in [6, 6.07) is 10.3. The average Bonchev–Trinajstić information content (AvgIpc) is 3.41. The van der Waals surface area contributed by atoms with Gasteiger partial charge in [-0.15, -0.1) is 0 Å². The Bertz CT molecular complexity index is 644. The molecule has 3 rings (SSSR count). The molecule has 0 radical (unpaired) electrons. The third-order valence-electron chi connectivity index (χ3n) is 5.94. The smallest absolute Gasteiger partial charge is 0.220 e. The fourth-order valence-electron chi connectivity index (χ4n) is 4.34. The number of rotatable bonds is 9. The molecule has 6 nitrogen and oxygen atoms in total. The van der Waals surface area contributed by atoms with Crippen molar-refractivity contribution in [1.82, 2.24) is 15.5 Å². The third kappa shape index (κ3) is 7.35. The summed E-state index contributed by atoms with van der Waals surface area (Å²) in [4.78, 5) is 18.7. The van der Waals surface area contributed by atoms with Gasteiger partial charge in [0.1, 0.15) is 0 Å². The summed E-state index contributed by atoms with van der Waals surface area (Å²) in [5, 5.41) is 6.42. The van der Waals surface area contributed by atoms with Crippen LogP contribution >= 0.6 is 0 Å². The summed E-state index contributed by atoms with van der Waals surface area (Å²) in [6.07, 6.45) is 6.79. The zero-order chi connectivity index (χ0) is 20.3. The highest BCUT2D eigenvalue weighted by Crippen LogP contribution is 2.27. The predicted octanol–water partition coefficient (Wildman–Crippen LogP) is 2.80.